The molecule has 2 aromatic carbocycles. The van der Waals surface area contributed by atoms with Gasteiger partial charge in [-0.1, -0.05) is 60.7 Å². The average Bonchev–Trinajstić information content (AvgIpc) is 3.30. The molecule has 0 aliphatic carbocycles. The van der Waals surface area contributed by atoms with Crippen LogP contribution in [-0.4, -0.2) is 29.5 Å². The summed E-state index contributed by atoms with van der Waals surface area (Å²) >= 11 is 1.75. The lowest BCUT2D eigenvalue weighted by Crippen LogP contribution is -2.23. The van der Waals surface area contributed by atoms with E-state index in [1.807, 2.05) is 6.07 Å². The Morgan fingerprint density at radius 1 is 1.00 bits per heavy atom. The van der Waals surface area contributed by atoms with E-state index in [4.69, 9.17) is 10.7 Å². The molecule has 0 amide bonds. The Balaban J connectivity index is 0.00000196. The molecule has 2 atom stereocenters. The molecule has 0 saturated carbocycles. The molecule has 5 heteroatoms. The Kier molecular flexibility index (Phi) is 6.43. The number of halogens is 1. The Morgan fingerprint density at radius 3 is 2.38 bits per heavy atom. The summed E-state index contributed by atoms with van der Waals surface area (Å²) in [6.07, 6.45) is 0. The van der Waals surface area contributed by atoms with Gasteiger partial charge in [0.15, 0.2) is 0 Å². The zero-order chi connectivity index (χ0) is 17.1. The van der Waals surface area contributed by atoms with Crippen LogP contribution in [0.1, 0.15) is 16.5 Å². The highest BCUT2D eigenvalue weighted by molar-refractivity contribution is 7.09. The SMILES string of the molecule is Cl.NC[C@@H]1CN(Cc2nc(-c3ccccc3)cs2)C[C@H]1c1ccccc1. The van der Waals surface area contributed by atoms with E-state index in [1.165, 1.54) is 16.1 Å². The predicted molar refractivity (Wildman–Crippen MR) is 112 cm³/mol. The van der Waals surface area contributed by atoms with Crippen LogP contribution in [0.5, 0.6) is 0 Å². The summed E-state index contributed by atoms with van der Waals surface area (Å²) in [5.41, 5.74) is 9.73. The van der Waals surface area contributed by atoms with Gasteiger partial charge in [-0.2, -0.15) is 0 Å². The quantitative estimate of drug-likeness (QED) is 0.707. The molecule has 1 aromatic heterocycles. The molecule has 3 aromatic rings. The van der Waals surface area contributed by atoms with Crippen LogP contribution in [0.2, 0.25) is 0 Å². The summed E-state index contributed by atoms with van der Waals surface area (Å²) in [6, 6.07) is 21.2. The van der Waals surface area contributed by atoms with E-state index in [0.717, 1.165) is 31.9 Å². The van der Waals surface area contributed by atoms with Crippen molar-refractivity contribution in [3.05, 3.63) is 76.6 Å². The lowest BCUT2D eigenvalue weighted by Gasteiger charge is -2.16. The van der Waals surface area contributed by atoms with Gasteiger partial charge in [-0.3, -0.25) is 4.90 Å². The molecular weight excluding hydrogens is 362 g/mol. The topological polar surface area (TPSA) is 42.1 Å². The first-order valence-corrected chi connectivity index (χ1v) is 9.68. The summed E-state index contributed by atoms with van der Waals surface area (Å²) < 4.78 is 0. The third-order valence-corrected chi connectivity index (χ3v) is 5.86. The third kappa shape index (κ3) is 4.15. The second kappa shape index (κ2) is 8.78. The lowest BCUT2D eigenvalue weighted by molar-refractivity contribution is 0.316. The smallest absolute Gasteiger partial charge is 0.107 e. The molecule has 3 nitrogen and oxygen atoms in total. The van der Waals surface area contributed by atoms with Crippen LogP contribution in [0.25, 0.3) is 11.3 Å². The van der Waals surface area contributed by atoms with E-state index in [2.05, 4.69) is 64.9 Å². The maximum atomic E-state index is 6.06. The maximum absolute atomic E-state index is 6.06. The van der Waals surface area contributed by atoms with E-state index in [-0.39, 0.29) is 12.4 Å². The average molecular weight is 386 g/mol. The van der Waals surface area contributed by atoms with Crippen LogP contribution in [0.15, 0.2) is 66.0 Å². The van der Waals surface area contributed by atoms with Gasteiger partial charge in [-0.25, -0.2) is 4.98 Å². The Hall–Kier alpha value is -1.72. The van der Waals surface area contributed by atoms with Gasteiger partial charge in [0.05, 0.1) is 12.2 Å². The monoisotopic (exact) mass is 385 g/mol. The van der Waals surface area contributed by atoms with Crippen LogP contribution in [-0.2, 0) is 6.54 Å². The summed E-state index contributed by atoms with van der Waals surface area (Å²) in [6.45, 7) is 3.77. The molecule has 26 heavy (non-hydrogen) atoms. The second-order valence-corrected chi connectivity index (χ2v) is 7.64. The van der Waals surface area contributed by atoms with Gasteiger partial charge in [0.2, 0.25) is 0 Å². The fourth-order valence-corrected chi connectivity index (χ4v) is 4.57. The molecule has 1 aliphatic rings. The highest BCUT2D eigenvalue weighted by Crippen LogP contribution is 2.33. The number of rotatable bonds is 5. The summed E-state index contributed by atoms with van der Waals surface area (Å²) in [4.78, 5) is 7.34. The molecule has 136 valence electrons. The van der Waals surface area contributed by atoms with E-state index in [9.17, 15) is 0 Å². The van der Waals surface area contributed by atoms with Crippen LogP contribution in [0.3, 0.4) is 0 Å². The molecule has 0 spiro atoms. The highest BCUT2D eigenvalue weighted by Gasteiger charge is 2.33. The molecule has 0 bridgehead atoms. The number of aromatic nitrogens is 1. The van der Waals surface area contributed by atoms with Gasteiger partial charge < -0.3 is 5.73 Å². The molecule has 1 fully saturated rings. The van der Waals surface area contributed by atoms with Crippen molar-refractivity contribution < 1.29 is 0 Å². The summed E-state index contributed by atoms with van der Waals surface area (Å²) in [7, 11) is 0. The minimum Gasteiger partial charge on any atom is -0.330 e. The standard InChI is InChI=1S/C21H23N3S.ClH/c22-11-18-12-24(13-19(18)16-7-3-1-4-8-16)14-21-23-20(15-25-21)17-9-5-2-6-10-17;/h1-10,15,18-19H,11-14,22H2;1H/t18-,19+;/m1./s1. The molecule has 0 unspecified atom stereocenters. The van der Waals surface area contributed by atoms with Crippen molar-refractivity contribution in [1.29, 1.82) is 0 Å². The first-order valence-electron chi connectivity index (χ1n) is 8.80. The molecule has 2 N–H and O–H groups in total. The normalized spacial score (nSPS) is 20.0. The molecule has 2 heterocycles. The maximum Gasteiger partial charge on any atom is 0.107 e. The minimum atomic E-state index is 0. The van der Waals surface area contributed by atoms with Gasteiger partial charge in [-0.15, -0.1) is 23.7 Å². The fraction of sp³-hybridized carbons (Fsp3) is 0.286. The molecule has 0 radical (unpaired) electrons. The van der Waals surface area contributed by atoms with Crippen LogP contribution in [0, 0.1) is 5.92 Å². The number of thiazole rings is 1. The number of hydrogen-bond acceptors (Lipinski definition) is 4. The number of benzene rings is 2. The number of nitrogens with zero attached hydrogens (tertiary/aromatic N) is 2. The Morgan fingerprint density at radius 2 is 1.69 bits per heavy atom. The van der Waals surface area contributed by atoms with Crippen LogP contribution < -0.4 is 5.73 Å². The van der Waals surface area contributed by atoms with Crippen molar-refractivity contribution in [2.75, 3.05) is 19.6 Å². The van der Waals surface area contributed by atoms with Gasteiger partial charge in [0.25, 0.3) is 0 Å². The Labute approximate surface area is 165 Å². The van der Waals surface area contributed by atoms with Gasteiger partial charge in [-0.05, 0) is 18.0 Å². The van der Waals surface area contributed by atoms with Gasteiger partial charge in [0, 0.05) is 30.0 Å². The van der Waals surface area contributed by atoms with E-state index in [1.54, 1.807) is 11.3 Å². The largest absolute Gasteiger partial charge is 0.330 e. The third-order valence-electron chi connectivity index (χ3n) is 5.03. The summed E-state index contributed by atoms with van der Waals surface area (Å²) in [5.74, 6) is 1.05. The predicted octanol–water partition coefficient (Wildman–Crippen LogP) is 4.41. The summed E-state index contributed by atoms with van der Waals surface area (Å²) in [5, 5.41) is 3.35. The minimum absolute atomic E-state index is 0. The van der Waals surface area contributed by atoms with Crippen molar-refractivity contribution in [3.8, 4) is 11.3 Å². The van der Waals surface area contributed by atoms with Crippen molar-refractivity contribution in [2.45, 2.75) is 12.5 Å². The molecule has 4 rings (SSSR count). The van der Waals surface area contributed by atoms with Crippen molar-refractivity contribution in [3.63, 3.8) is 0 Å². The van der Waals surface area contributed by atoms with E-state index < -0.39 is 0 Å². The number of hydrogen-bond donors (Lipinski definition) is 1. The fourth-order valence-electron chi connectivity index (χ4n) is 3.72. The van der Waals surface area contributed by atoms with Crippen molar-refractivity contribution in [1.82, 2.24) is 9.88 Å². The van der Waals surface area contributed by atoms with Crippen LogP contribution >= 0.6 is 23.7 Å². The second-order valence-electron chi connectivity index (χ2n) is 6.70. The highest BCUT2D eigenvalue weighted by atomic mass is 35.5. The Bertz CT molecular complexity index is 806. The van der Waals surface area contributed by atoms with Crippen LogP contribution in [0.4, 0.5) is 0 Å². The zero-order valence-electron chi connectivity index (χ0n) is 14.6. The van der Waals surface area contributed by atoms with E-state index in [0.29, 0.717) is 11.8 Å². The van der Waals surface area contributed by atoms with Gasteiger partial charge >= 0.3 is 0 Å². The van der Waals surface area contributed by atoms with Crippen molar-refractivity contribution in [2.24, 2.45) is 11.7 Å². The van der Waals surface area contributed by atoms with Crippen molar-refractivity contribution >= 4 is 23.7 Å². The molecule has 1 aliphatic heterocycles. The molecular formula is C21H24ClN3S. The first-order chi connectivity index (χ1) is 12.3. The first kappa shape index (κ1) is 19.1. The number of nitrogens with two attached hydrogens (primary N) is 1. The number of likely N-dealkylation sites (tertiary alicyclic amines) is 1. The van der Waals surface area contributed by atoms with Gasteiger partial charge in [0.1, 0.15) is 5.01 Å². The zero-order valence-corrected chi connectivity index (χ0v) is 16.3. The molecule has 1 saturated heterocycles. The van der Waals surface area contributed by atoms with E-state index >= 15 is 0 Å². The lowest BCUT2D eigenvalue weighted by atomic mass is 9.89.